The lowest BCUT2D eigenvalue weighted by molar-refractivity contribution is -0.126. The van der Waals surface area contributed by atoms with Gasteiger partial charge >= 0.3 is 0 Å². The molecule has 1 amide bonds. The van der Waals surface area contributed by atoms with Crippen LogP contribution in [0.3, 0.4) is 0 Å². The molecule has 1 fully saturated rings. The molecule has 1 aliphatic carbocycles. The van der Waals surface area contributed by atoms with Crippen molar-refractivity contribution in [3.63, 3.8) is 0 Å². The van der Waals surface area contributed by atoms with Crippen LogP contribution < -0.4 is 10.6 Å². The number of fused-ring (bicyclic) bond motifs is 1. The summed E-state index contributed by atoms with van der Waals surface area (Å²) in [6.07, 6.45) is 9.15. The van der Waals surface area contributed by atoms with Crippen LogP contribution >= 0.6 is 0 Å². The summed E-state index contributed by atoms with van der Waals surface area (Å²) < 4.78 is 14.6. The third kappa shape index (κ3) is 5.40. The van der Waals surface area contributed by atoms with Gasteiger partial charge in [-0.25, -0.2) is 19.0 Å². The Morgan fingerprint density at radius 2 is 1.95 bits per heavy atom. The molecule has 5 aromatic rings. The molecule has 204 valence electrons. The number of halogens is 1. The van der Waals surface area contributed by atoms with E-state index >= 15 is 0 Å². The number of aryl methyl sites for hydroxylation is 1. The second kappa shape index (κ2) is 10.8. The van der Waals surface area contributed by atoms with Crippen molar-refractivity contribution in [1.82, 2.24) is 40.2 Å². The molecular weight excluding hydrogens is 509 g/mol. The zero-order valence-corrected chi connectivity index (χ0v) is 22.3. The molecule has 5 heterocycles. The predicted molar refractivity (Wildman–Crippen MR) is 149 cm³/mol. The summed E-state index contributed by atoms with van der Waals surface area (Å²) in [5, 5.41) is 18.6. The largest absolute Gasteiger partial charge is 0.349 e. The Morgan fingerprint density at radius 1 is 1.10 bits per heavy atom. The van der Waals surface area contributed by atoms with Crippen LogP contribution in [-0.2, 0) is 4.79 Å². The van der Waals surface area contributed by atoms with E-state index in [-0.39, 0.29) is 23.8 Å². The van der Waals surface area contributed by atoms with Gasteiger partial charge in [0, 0.05) is 41.4 Å². The summed E-state index contributed by atoms with van der Waals surface area (Å²) in [7, 11) is 0. The molecular formula is C29H30FN9O. The first-order valence-electron chi connectivity index (χ1n) is 13.4. The number of amides is 1. The lowest BCUT2D eigenvalue weighted by Gasteiger charge is -2.29. The maximum Gasteiger partial charge on any atom is 0.223 e. The van der Waals surface area contributed by atoms with Crippen molar-refractivity contribution in [3.8, 4) is 5.82 Å². The van der Waals surface area contributed by atoms with Gasteiger partial charge in [-0.15, -0.1) is 0 Å². The summed E-state index contributed by atoms with van der Waals surface area (Å²) >= 11 is 0. The van der Waals surface area contributed by atoms with Gasteiger partial charge in [0.25, 0.3) is 0 Å². The van der Waals surface area contributed by atoms with Crippen LogP contribution in [0.15, 0.2) is 61.2 Å². The maximum atomic E-state index is 13.3. The fraction of sp³-hybridized carbons (Fsp3) is 0.310. The minimum Gasteiger partial charge on any atom is -0.349 e. The molecule has 10 nitrogen and oxygen atoms in total. The number of nitrogens with one attached hydrogen (secondary N) is 3. The van der Waals surface area contributed by atoms with E-state index in [0.717, 1.165) is 65.6 Å². The highest BCUT2D eigenvalue weighted by Crippen LogP contribution is 2.38. The minimum absolute atomic E-state index is 0.0458. The number of pyridine rings is 3. The Morgan fingerprint density at radius 3 is 2.65 bits per heavy atom. The molecule has 11 heteroatoms. The second-order valence-electron chi connectivity index (χ2n) is 10.4. The molecule has 1 saturated carbocycles. The highest BCUT2D eigenvalue weighted by molar-refractivity contribution is 5.84. The molecule has 0 unspecified atom stereocenters. The Hall–Kier alpha value is -4.67. The molecule has 0 bridgehead atoms. The molecule has 3 N–H and O–H groups in total. The van der Waals surface area contributed by atoms with Crippen LogP contribution in [-0.4, -0.2) is 40.8 Å². The monoisotopic (exact) mass is 539 g/mol. The molecule has 1 aliphatic rings. The van der Waals surface area contributed by atoms with Crippen LogP contribution in [0.2, 0.25) is 0 Å². The predicted octanol–water partition coefficient (Wildman–Crippen LogP) is 5.28. The minimum atomic E-state index is -0.421. The average Bonchev–Trinajstić information content (AvgIpc) is 3.60. The summed E-state index contributed by atoms with van der Waals surface area (Å²) in [5.41, 5.74) is 3.71. The zero-order valence-electron chi connectivity index (χ0n) is 22.3. The van der Waals surface area contributed by atoms with Gasteiger partial charge in [-0.1, -0.05) is 12.1 Å². The van der Waals surface area contributed by atoms with Crippen molar-refractivity contribution >= 4 is 28.4 Å². The number of carbonyl (C=O) groups is 1. The standard InChI is InChI=1S/C29H30FN9O/c1-17-12-25(38-37-17)35-24-13-21-4-3-11-31-27(21)28(36-24)19-5-7-20(8-6-19)29(40)34-18(2)22-9-10-26(32-14-22)39-16-23(30)15-33-39/h3-4,9-16,18-20H,5-8H2,1-2H3,(H,34,40)(H2,35,36,37,38)/t18-,19?,20?/m0/s1. The number of rotatable bonds is 7. The van der Waals surface area contributed by atoms with Gasteiger partial charge in [0.15, 0.2) is 17.5 Å². The summed E-state index contributed by atoms with van der Waals surface area (Å²) in [4.78, 5) is 27.1. The molecule has 40 heavy (non-hydrogen) atoms. The molecule has 0 aliphatic heterocycles. The van der Waals surface area contributed by atoms with E-state index in [1.54, 1.807) is 18.5 Å². The summed E-state index contributed by atoms with van der Waals surface area (Å²) in [5.74, 6) is 1.73. The Balaban J connectivity index is 1.10. The highest BCUT2D eigenvalue weighted by atomic mass is 19.1. The van der Waals surface area contributed by atoms with Gasteiger partial charge in [-0.3, -0.25) is 14.9 Å². The molecule has 6 rings (SSSR count). The fourth-order valence-electron chi connectivity index (χ4n) is 5.33. The number of aromatic nitrogens is 7. The Labute approximate surface area is 230 Å². The van der Waals surface area contributed by atoms with Crippen molar-refractivity contribution < 1.29 is 9.18 Å². The number of anilines is 2. The normalized spacial score (nSPS) is 18.0. The van der Waals surface area contributed by atoms with Crippen molar-refractivity contribution in [1.29, 1.82) is 0 Å². The molecule has 1 atom stereocenters. The van der Waals surface area contributed by atoms with Crippen molar-refractivity contribution in [2.75, 3.05) is 5.32 Å². The van der Waals surface area contributed by atoms with Gasteiger partial charge in [0.1, 0.15) is 5.82 Å². The van der Waals surface area contributed by atoms with Crippen molar-refractivity contribution in [2.45, 2.75) is 51.5 Å². The molecule has 0 radical (unpaired) electrons. The van der Waals surface area contributed by atoms with Crippen LogP contribution in [0, 0.1) is 18.7 Å². The number of aromatic amines is 1. The van der Waals surface area contributed by atoms with Crippen LogP contribution in [0.5, 0.6) is 0 Å². The van der Waals surface area contributed by atoms with Gasteiger partial charge in [0.2, 0.25) is 5.91 Å². The molecule has 0 spiro atoms. The molecule has 0 saturated heterocycles. The number of nitrogens with zero attached hydrogens (tertiary/aromatic N) is 6. The van der Waals surface area contributed by atoms with E-state index < -0.39 is 5.82 Å². The summed E-state index contributed by atoms with van der Waals surface area (Å²) in [6.45, 7) is 3.89. The van der Waals surface area contributed by atoms with Gasteiger partial charge in [-0.05, 0) is 63.3 Å². The van der Waals surface area contributed by atoms with Crippen molar-refractivity contribution in [2.24, 2.45) is 5.92 Å². The second-order valence-corrected chi connectivity index (χ2v) is 10.4. The highest BCUT2D eigenvalue weighted by Gasteiger charge is 2.30. The quantitative estimate of drug-likeness (QED) is 0.257. The number of H-pyrrole nitrogens is 1. The van der Waals surface area contributed by atoms with Crippen molar-refractivity contribution in [3.05, 3.63) is 84.0 Å². The van der Waals surface area contributed by atoms with Crippen LogP contribution in [0.4, 0.5) is 16.0 Å². The van der Waals surface area contributed by atoms with Crippen LogP contribution in [0.1, 0.15) is 61.5 Å². The molecule has 5 aromatic heterocycles. The lowest BCUT2D eigenvalue weighted by atomic mass is 9.79. The smallest absolute Gasteiger partial charge is 0.223 e. The Kier molecular flexibility index (Phi) is 6.93. The average molecular weight is 540 g/mol. The van der Waals surface area contributed by atoms with E-state index in [1.807, 2.05) is 44.2 Å². The number of carbonyl (C=O) groups excluding carboxylic acids is 1. The first-order valence-corrected chi connectivity index (χ1v) is 13.4. The van der Waals surface area contributed by atoms with E-state index in [1.165, 1.54) is 10.9 Å². The van der Waals surface area contributed by atoms with Crippen LogP contribution in [0.25, 0.3) is 16.7 Å². The topological polar surface area (TPSA) is 126 Å². The third-order valence-electron chi connectivity index (χ3n) is 7.48. The number of hydrogen-bond donors (Lipinski definition) is 3. The molecule has 0 aromatic carbocycles. The van der Waals surface area contributed by atoms with Gasteiger partial charge < -0.3 is 10.6 Å². The number of hydrogen-bond acceptors (Lipinski definition) is 7. The summed E-state index contributed by atoms with van der Waals surface area (Å²) in [6, 6.07) is 11.3. The SMILES string of the molecule is Cc1cc(Nc2cc3cccnc3c(C3CCC(C(=O)N[C@@H](C)c4ccc(-n5cc(F)cn5)nc4)CC3)n2)n[nH]1. The first-order chi connectivity index (χ1) is 19.4. The fourth-order valence-corrected chi connectivity index (χ4v) is 5.33. The van der Waals surface area contributed by atoms with E-state index in [2.05, 4.69) is 35.9 Å². The lowest BCUT2D eigenvalue weighted by Crippen LogP contribution is -2.34. The van der Waals surface area contributed by atoms with Gasteiger partial charge in [-0.2, -0.15) is 10.2 Å². The van der Waals surface area contributed by atoms with E-state index in [9.17, 15) is 9.18 Å². The van der Waals surface area contributed by atoms with E-state index in [0.29, 0.717) is 11.6 Å². The Bertz CT molecular complexity index is 1640. The third-order valence-corrected chi connectivity index (χ3v) is 7.48. The van der Waals surface area contributed by atoms with E-state index in [4.69, 9.17) is 4.98 Å². The maximum absolute atomic E-state index is 13.3. The van der Waals surface area contributed by atoms with Gasteiger partial charge in [0.05, 0.1) is 29.6 Å². The first kappa shape index (κ1) is 25.6. The zero-order chi connectivity index (χ0) is 27.6.